The highest BCUT2D eigenvalue weighted by Gasteiger charge is 2.05. The Morgan fingerprint density at radius 1 is 0.800 bits per heavy atom. The molecule has 0 aromatic carbocycles. The molecule has 0 aromatic heterocycles. The van der Waals surface area contributed by atoms with E-state index in [1.165, 1.54) is 12.8 Å². The fourth-order valence-electron chi connectivity index (χ4n) is 1.60. The van der Waals surface area contributed by atoms with Gasteiger partial charge < -0.3 is 0 Å². The first-order chi connectivity index (χ1) is 9.23. The first kappa shape index (κ1) is 18.4. The van der Waals surface area contributed by atoms with Crippen LogP contribution in [0, 0.1) is 11.8 Å². The summed E-state index contributed by atoms with van der Waals surface area (Å²) in [5, 5.41) is 0. The van der Waals surface area contributed by atoms with E-state index < -0.39 is 0 Å². The van der Waals surface area contributed by atoms with Gasteiger partial charge in [-0.15, -0.1) is 0 Å². The predicted molar refractivity (Wildman–Crippen MR) is 93.8 cm³/mol. The zero-order chi connectivity index (χ0) is 15.7. The van der Waals surface area contributed by atoms with Crippen LogP contribution in [0.2, 0.25) is 0 Å². The van der Waals surface area contributed by atoms with E-state index in [4.69, 9.17) is 0 Å². The van der Waals surface area contributed by atoms with E-state index in [0.717, 1.165) is 28.2 Å². The predicted octanol–water partition coefficient (Wildman–Crippen LogP) is 6.42. The fourth-order valence-corrected chi connectivity index (χ4v) is 1.60. The summed E-state index contributed by atoms with van der Waals surface area (Å²) in [4.78, 5) is 0. The molecule has 1 unspecified atom stereocenters. The van der Waals surface area contributed by atoms with E-state index in [1.807, 2.05) is 25.2 Å². The largest absolute Gasteiger partial charge is 0.0961 e. The summed E-state index contributed by atoms with van der Waals surface area (Å²) >= 11 is 0. The van der Waals surface area contributed by atoms with Gasteiger partial charge in [0.1, 0.15) is 0 Å². The second-order valence-electron chi connectivity index (χ2n) is 6.01. The molecule has 0 bridgehead atoms. The molecule has 0 saturated heterocycles. The molecule has 0 spiro atoms. The van der Waals surface area contributed by atoms with Crippen LogP contribution in [0.5, 0.6) is 0 Å². The molecule has 0 saturated carbocycles. The SMILES string of the molecule is C=C(C)/C=C\C(=C)C(=C)/C=C\C(=C)C(C)CCC(C)C. The van der Waals surface area contributed by atoms with Crippen LogP contribution in [-0.2, 0) is 0 Å². The number of rotatable bonds is 9. The summed E-state index contributed by atoms with van der Waals surface area (Å²) in [5.74, 6) is 1.26. The van der Waals surface area contributed by atoms with E-state index in [0.29, 0.717) is 5.92 Å². The van der Waals surface area contributed by atoms with Crippen LogP contribution >= 0.6 is 0 Å². The highest BCUT2D eigenvalue weighted by atomic mass is 14.1. The molecule has 0 rings (SSSR count). The van der Waals surface area contributed by atoms with Crippen molar-refractivity contribution < 1.29 is 0 Å². The van der Waals surface area contributed by atoms with Crippen LogP contribution in [0.3, 0.4) is 0 Å². The summed E-state index contributed by atoms with van der Waals surface area (Å²) in [6, 6.07) is 0. The molecule has 20 heavy (non-hydrogen) atoms. The summed E-state index contributed by atoms with van der Waals surface area (Å²) in [6.45, 7) is 24.7. The molecule has 0 aliphatic carbocycles. The smallest absolute Gasteiger partial charge is 0.0196 e. The van der Waals surface area contributed by atoms with Crippen LogP contribution in [-0.4, -0.2) is 0 Å². The van der Waals surface area contributed by atoms with Crippen LogP contribution in [0.4, 0.5) is 0 Å². The minimum atomic E-state index is 0.515. The average molecular weight is 270 g/mol. The van der Waals surface area contributed by atoms with Crippen LogP contribution < -0.4 is 0 Å². The molecule has 0 aliphatic heterocycles. The Hall–Kier alpha value is -1.56. The van der Waals surface area contributed by atoms with Crippen LogP contribution in [0.1, 0.15) is 40.5 Å². The van der Waals surface area contributed by atoms with Crippen molar-refractivity contribution in [3.05, 3.63) is 72.9 Å². The van der Waals surface area contributed by atoms with E-state index in [-0.39, 0.29) is 0 Å². The monoisotopic (exact) mass is 270 g/mol. The Bertz CT molecular complexity index is 427. The summed E-state index contributed by atoms with van der Waals surface area (Å²) < 4.78 is 0. The Kier molecular flexibility index (Phi) is 8.63. The third kappa shape index (κ3) is 8.53. The van der Waals surface area contributed by atoms with E-state index in [9.17, 15) is 0 Å². The lowest BCUT2D eigenvalue weighted by molar-refractivity contribution is 0.494. The molecule has 0 heteroatoms. The van der Waals surface area contributed by atoms with Crippen molar-refractivity contribution in [3.8, 4) is 0 Å². The van der Waals surface area contributed by atoms with Crippen molar-refractivity contribution in [2.75, 3.05) is 0 Å². The first-order valence-corrected chi connectivity index (χ1v) is 7.32. The van der Waals surface area contributed by atoms with Gasteiger partial charge in [-0.05, 0) is 36.3 Å². The van der Waals surface area contributed by atoms with E-state index in [1.54, 1.807) is 0 Å². The van der Waals surface area contributed by atoms with Gasteiger partial charge in [-0.3, -0.25) is 0 Å². The lowest BCUT2D eigenvalue weighted by Crippen LogP contribution is -1.99. The second kappa shape index (κ2) is 9.36. The molecule has 0 aromatic rings. The zero-order valence-electron chi connectivity index (χ0n) is 13.7. The van der Waals surface area contributed by atoms with Gasteiger partial charge in [-0.1, -0.05) is 89.0 Å². The molecule has 0 aliphatic rings. The van der Waals surface area contributed by atoms with Crippen LogP contribution in [0.15, 0.2) is 72.9 Å². The minimum absolute atomic E-state index is 0.515. The number of hydrogen-bond acceptors (Lipinski definition) is 0. The van der Waals surface area contributed by atoms with Crippen LogP contribution in [0.25, 0.3) is 0 Å². The minimum Gasteiger partial charge on any atom is -0.0961 e. The number of hydrogen-bond donors (Lipinski definition) is 0. The van der Waals surface area contributed by atoms with Crippen molar-refractivity contribution in [2.45, 2.75) is 40.5 Å². The highest BCUT2D eigenvalue weighted by molar-refractivity contribution is 5.45. The lowest BCUT2D eigenvalue weighted by atomic mass is 9.93. The first-order valence-electron chi connectivity index (χ1n) is 7.32. The third-order valence-electron chi connectivity index (χ3n) is 3.29. The maximum absolute atomic E-state index is 4.15. The molecular formula is C20H30. The van der Waals surface area contributed by atoms with Gasteiger partial charge in [-0.25, -0.2) is 0 Å². The Morgan fingerprint density at radius 2 is 1.30 bits per heavy atom. The molecule has 0 amide bonds. The van der Waals surface area contributed by atoms with Gasteiger partial charge >= 0.3 is 0 Å². The van der Waals surface area contributed by atoms with Gasteiger partial charge in [0.25, 0.3) is 0 Å². The van der Waals surface area contributed by atoms with Gasteiger partial charge in [0, 0.05) is 0 Å². The van der Waals surface area contributed by atoms with Crippen molar-refractivity contribution >= 4 is 0 Å². The molecule has 0 nitrogen and oxygen atoms in total. The van der Waals surface area contributed by atoms with Gasteiger partial charge in [0.15, 0.2) is 0 Å². The molecule has 1 atom stereocenters. The van der Waals surface area contributed by atoms with Crippen molar-refractivity contribution in [2.24, 2.45) is 11.8 Å². The molecular weight excluding hydrogens is 240 g/mol. The fraction of sp³-hybridized carbons (Fsp3) is 0.400. The Balaban J connectivity index is 4.40. The lowest BCUT2D eigenvalue weighted by Gasteiger charge is -2.13. The molecule has 110 valence electrons. The summed E-state index contributed by atoms with van der Waals surface area (Å²) in [6.07, 6.45) is 10.4. The summed E-state index contributed by atoms with van der Waals surface area (Å²) in [7, 11) is 0. The quantitative estimate of drug-likeness (QED) is 0.424. The maximum Gasteiger partial charge on any atom is -0.0196 e. The molecule has 0 fully saturated rings. The third-order valence-corrected chi connectivity index (χ3v) is 3.29. The maximum atomic E-state index is 4.15. The Morgan fingerprint density at radius 3 is 1.75 bits per heavy atom. The van der Waals surface area contributed by atoms with Crippen molar-refractivity contribution in [3.63, 3.8) is 0 Å². The van der Waals surface area contributed by atoms with Gasteiger partial charge in [0.05, 0.1) is 0 Å². The summed E-state index contributed by atoms with van der Waals surface area (Å²) in [5.41, 5.74) is 3.99. The van der Waals surface area contributed by atoms with E-state index in [2.05, 4.69) is 53.2 Å². The van der Waals surface area contributed by atoms with Crippen molar-refractivity contribution in [1.29, 1.82) is 0 Å². The van der Waals surface area contributed by atoms with E-state index >= 15 is 0 Å². The topological polar surface area (TPSA) is 0 Å². The second-order valence-corrected chi connectivity index (χ2v) is 6.01. The molecule has 0 heterocycles. The standard InChI is InChI=1S/C20H30/c1-15(2)9-11-17(5)19(7)13-14-20(8)18(6)12-10-16(3)4/h9,11,13-14,16,18H,1,5,7-8,10,12H2,2-4,6H3/b11-9-,14-13-. The molecule has 0 N–H and O–H groups in total. The van der Waals surface area contributed by atoms with Gasteiger partial charge in [-0.2, -0.15) is 0 Å². The normalized spacial score (nSPS) is 13.1. The van der Waals surface area contributed by atoms with Crippen molar-refractivity contribution in [1.82, 2.24) is 0 Å². The zero-order valence-corrected chi connectivity index (χ0v) is 13.7. The highest BCUT2D eigenvalue weighted by Crippen LogP contribution is 2.20. The molecule has 0 radical (unpaired) electrons. The van der Waals surface area contributed by atoms with Gasteiger partial charge in [0.2, 0.25) is 0 Å². The number of allylic oxidation sites excluding steroid dienone is 8. The average Bonchev–Trinajstić information content (AvgIpc) is 2.38. The Labute approximate surface area is 126 Å².